The van der Waals surface area contributed by atoms with Crippen LogP contribution in [0.2, 0.25) is 5.02 Å². The number of halogens is 1. The van der Waals surface area contributed by atoms with Gasteiger partial charge < -0.3 is 5.32 Å². The highest BCUT2D eigenvalue weighted by Crippen LogP contribution is 2.38. The average Bonchev–Trinajstić information content (AvgIpc) is 2.78. The molecular formula is C13H13ClN2OS. The molecule has 0 radical (unpaired) electrons. The quantitative estimate of drug-likeness (QED) is 0.903. The molecule has 1 saturated heterocycles. The molecule has 1 aromatic rings. The Labute approximate surface area is 116 Å². The minimum absolute atomic E-state index is 0.0521. The molecule has 1 amide bonds. The summed E-state index contributed by atoms with van der Waals surface area (Å²) in [5, 5.41) is 12.3. The molecular weight excluding hydrogens is 268 g/mol. The first kappa shape index (κ1) is 13.3. The van der Waals surface area contributed by atoms with Crippen molar-refractivity contribution < 1.29 is 4.79 Å². The van der Waals surface area contributed by atoms with Crippen LogP contribution in [0.15, 0.2) is 18.2 Å². The molecule has 0 spiro atoms. The minimum atomic E-state index is -0.394. The normalized spacial score (nSPS) is 22.5. The van der Waals surface area contributed by atoms with Gasteiger partial charge in [0.25, 0.3) is 0 Å². The van der Waals surface area contributed by atoms with Gasteiger partial charge in [0.1, 0.15) is 6.07 Å². The van der Waals surface area contributed by atoms with Gasteiger partial charge in [-0.15, -0.1) is 11.8 Å². The summed E-state index contributed by atoms with van der Waals surface area (Å²) in [6.45, 7) is 1.94. The summed E-state index contributed by atoms with van der Waals surface area (Å²) in [4.78, 5) is 12.2. The van der Waals surface area contributed by atoms with E-state index in [1.165, 1.54) is 0 Å². The van der Waals surface area contributed by atoms with Gasteiger partial charge in [0, 0.05) is 5.02 Å². The van der Waals surface area contributed by atoms with Gasteiger partial charge in [-0.2, -0.15) is 5.26 Å². The van der Waals surface area contributed by atoms with E-state index in [1.807, 2.05) is 6.92 Å². The molecule has 1 unspecified atom stereocenters. The molecule has 0 aliphatic carbocycles. The van der Waals surface area contributed by atoms with E-state index in [-0.39, 0.29) is 5.91 Å². The number of rotatable bonds is 2. The highest BCUT2D eigenvalue weighted by Gasteiger charge is 2.37. The van der Waals surface area contributed by atoms with Crippen molar-refractivity contribution in [1.82, 2.24) is 0 Å². The topological polar surface area (TPSA) is 52.9 Å². The molecule has 1 aromatic carbocycles. The van der Waals surface area contributed by atoms with Crippen molar-refractivity contribution in [3.8, 4) is 6.07 Å². The van der Waals surface area contributed by atoms with Crippen LogP contribution in [0.25, 0.3) is 0 Å². The number of benzene rings is 1. The molecule has 1 N–H and O–H groups in total. The van der Waals surface area contributed by atoms with Gasteiger partial charge >= 0.3 is 0 Å². The van der Waals surface area contributed by atoms with Crippen LogP contribution < -0.4 is 5.32 Å². The van der Waals surface area contributed by atoms with Crippen molar-refractivity contribution >= 4 is 35.0 Å². The van der Waals surface area contributed by atoms with Gasteiger partial charge in [-0.1, -0.05) is 11.6 Å². The van der Waals surface area contributed by atoms with Crippen molar-refractivity contribution in [3.63, 3.8) is 0 Å². The predicted octanol–water partition coefficient (Wildman–Crippen LogP) is 3.44. The van der Waals surface area contributed by atoms with Crippen molar-refractivity contribution in [2.75, 3.05) is 11.1 Å². The summed E-state index contributed by atoms with van der Waals surface area (Å²) in [5.74, 6) is 0.952. The number of anilines is 1. The molecule has 94 valence electrons. The van der Waals surface area contributed by atoms with E-state index in [2.05, 4.69) is 11.4 Å². The zero-order valence-electron chi connectivity index (χ0n) is 10.00. The Bertz CT molecular complexity index is 518. The SMILES string of the molecule is CC1(C(=O)Nc2cc(Cl)ccc2C#N)CCCS1. The number of nitrogens with one attached hydrogen (secondary N) is 1. The molecule has 3 nitrogen and oxygen atoms in total. The fraction of sp³-hybridized carbons (Fsp3) is 0.385. The number of nitrogens with zero attached hydrogens (tertiary/aromatic N) is 1. The second kappa shape index (κ2) is 5.21. The fourth-order valence-electron chi connectivity index (χ4n) is 1.93. The summed E-state index contributed by atoms with van der Waals surface area (Å²) in [6, 6.07) is 6.92. The Morgan fingerprint density at radius 2 is 2.39 bits per heavy atom. The van der Waals surface area contributed by atoms with Crippen LogP contribution in [0.1, 0.15) is 25.3 Å². The third-order valence-corrected chi connectivity index (χ3v) is 4.80. The molecule has 1 aliphatic rings. The van der Waals surface area contributed by atoms with Crippen LogP contribution >= 0.6 is 23.4 Å². The van der Waals surface area contributed by atoms with E-state index in [1.54, 1.807) is 30.0 Å². The molecule has 0 saturated carbocycles. The third-order valence-electron chi connectivity index (χ3n) is 3.05. The molecule has 5 heteroatoms. The molecule has 18 heavy (non-hydrogen) atoms. The Balaban J connectivity index is 2.21. The molecule has 1 fully saturated rings. The summed E-state index contributed by atoms with van der Waals surface area (Å²) in [6.07, 6.45) is 1.92. The van der Waals surface area contributed by atoms with E-state index in [9.17, 15) is 4.79 Å². The van der Waals surface area contributed by atoms with Crippen LogP contribution in [0.5, 0.6) is 0 Å². The Morgan fingerprint density at radius 1 is 1.61 bits per heavy atom. The van der Waals surface area contributed by atoms with Gasteiger partial charge in [0.05, 0.1) is 16.0 Å². The van der Waals surface area contributed by atoms with Gasteiger partial charge in [-0.3, -0.25) is 4.79 Å². The fourth-order valence-corrected chi connectivity index (χ4v) is 3.31. The van der Waals surface area contributed by atoms with Crippen molar-refractivity contribution in [2.45, 2.75) is 24.5 Å². The maximum Gasteiger partial charge on any atom is 0.240 e. The monoisotopic (exact) mass is 280 g/mol. The zero-order valence-corrected chi connectivity index (χ0v) is 11.6. The summed E-state index contributed by atoms with van der Waals surface area (Å²) >= 11 is 7.55. The number of carbonyl (C=O) groups is 1. The lowest BCUT2D eigenvalue weighted by molar-refractivity contribution is -0.118. The van der Waals surface area contributed by atoms with E-state index in [4.69, 9.17) is 16.9 Å². The lowest BCUT2D eigenvalue weighted by Gasteiger charge is -2.21. The zero-order chi connectivity index (χ0) is 13.2. The van der Waals surface area contributed by atoms with Gasteiger partial charge in [-0.05, 0) is 43.7 Å². The number of hydrogen-bond donors (Lipinski definition) is 1. The van der Waals surface area contributed by atoms with Crippen LogP contribution in [0.3, 0.4) is 0 Å². The van der Waals surface area contributed by atoms with E-state index >= 15 is 0 Å². The molecule has 2 rings (SSSR count). The minimum Gasteiger partial charge on any atom is -0.324 e. The summed E-state index contributed by atoms with van der Waals surface area (Å²) in [5.41, 5.74) is 0.920. The van der Waals surface area contributed by atoms with Gasteiger partial charge in [0.15, 0.2) is 0 Å². The first-order chi connectivity index (χ1) is 8.55. The average molecular weight is 281 g/mol. The molecule has 1 atom stereocenters. The van der Waals surface area contributed by atoms with Gasteiger partial charge in [0.2, 0.25) is 5.91 Å². The summed E-state index contributed by atoms with van der Waals surface area (Å²) < 4.78 is -0.394. The third kappa shape index (κ3) is 2.63. The second-order valence-electron chi connectivity index (χ2n) is 4.44. The van der Waals surface area contributed by atoms with Crippen molar-refractivity contribution in [1.29, 1.82) is 5.26 Å². The molecule has 0 bridgehead atoms. The molecule has 1 heterocycles. The predicted molar refractivity (Wildman–Crippen MR) is 74.9 cm³/mol. The van der Waals surface area contributed by atoms with Crippen molar-refractivity contribution in [2.24, 2.45) is 0 Å². The largest absolute Gasteiger partial charge is 0.324 e. The number of nitriles is 1. The van der Waals surface area contributed by atoms with Crippen LogP contribution in [-0.2, 0) is 4.79 Å². The Kier molecular flexibility index (Phi) is 3.84. The molecule has 0 aromatic heterocycles. The first-order valence-electron chi connectivity index (χ1n) is 5.70. The standard InChI is InChI=1S/C13H13ClN2OS/c1-13(5-2-6-18-13)12(17)16-11-7-10(14)4-3-9(11)8-15/h3-4,7H,2,5-6H2,1H3,(H,16,17). The maximum atomic E-state index is 12.2. The highest BCUT2D eigenvalue weighted by atomic mass is 35.5. The van der Waals surface area contributed by atoms with Crippen LogP contribution in [-0.4, -0.2) is 16.4 Å². The van der Waals surface area contributed by atoms with E-state index in [0.29, 0.717) is 16.3 Å². The smallest absolute Gasteiger partial charge is 0.240 e. The maximum absolute atomic E-state index is 12.2. The van der Waals surface area contributed by atoms with Crippen molar-refractivity contribution in [3.05, 3.63) is 28.8 Å². The second-order valence-corrected chi connectivity index (χ2v) is 6.47. The Morgan fingerprint density at radius 3 is 3.00 bits per heavy atom. The molecule has 1 aliphatic heterocycles. The highest BCUT2D eigenvalue weighted by molar-refractivity contribution is 8.01. The number of thioether (sulfide) groups is 1. The number of amides is 1. The van der Waals surface area contributed by atoms with E-state index in [0.717, 1.165) is 18.6 Å². The van der Waals surface area contributed by atoms with Crippen LogP contribution in [0.4, 0.5) is 5.69 Å². The lowest BCUT2D eigenvalue weighted by Crippen LogP contribution is -2.34. The Hall–Kier alpha value is -1.18. The number of carbonyl (C=O) groups excluding carboxylic acids is 1. The van der Waals surface area contributed by atoms with Gasteiger partial charge in [-0.25, -0.2) is 0 Å². The number of hydrogen-bond acceptors (Lipinski definition) is 3. The first-order valence-corrected chi connectivity index (χ1v) is 7.06. The lowest BCUT2D eigenvalue weighted by atomic mass is 10.0. The summed E-state index contributed by atoms with van der Waals surface area (Å²) in [7, 11) is 0. The van der Waals surface area contributed by atoms with E-state index < -0.39 is 4.75 Å². The van der Waals surface area contributed by atoms with Crippen LogP contribution in [0, 0.1) is 11.3 Å².